The third-order valence-electron chi connectivity index (χ3n) is 3.42. The monoisotopic (exact) mass is 329 g/mol. The summed E-state index contributed by atoms with van der Waals surface area (Å²) in [5.41, 5.74) is 0.931. The second-order valence-corrected chi connectivity index (χ2v) is 5.45. The van der Waals surface area contributed by atoms with Gasteiger partial charge in [-0.2, -0.15) is 4.98 Å². The SMILES string of the molecule is CC(C)C(=O)OC[C@H]1O[C@@H](n2ccc(NO)nc2=O)[C@@H](O)C1O. The Hall–Kier alpha value is -2.01. The van der Waals surface area contributed by atoms with Crippen molar-refractivity contribution in [3.8, 4) is 0 Å². The number of nitrogens with zero attached hydrogens (tertiary/aromatic N) is 2. The van der Waals surface area contributed by atoms with Crippen molar-refractivity contribution >= 4 is 11.8 Å². The molecule has 1 fully saturated rings. The molecule has 0 aromatic carbocycles. The van der Waals surface area contributed by atoms with E-state index in [0.29, 0.717) is 0 Å². The lowest BCUT2D eigenvalue weighted by atomic mass is 10.1. The van der Waals surface area contributed by atoms with Gasteiger partial charge < -0.3 is 19.7 Å². The molecule has 1 unspecified atom stereocenters. The molecule has 1 aromatic rings. The average Bonchev–Trinajstić information content (AvgIpc) is 2.80. The molecule has 2 rings (SSSR count). The first kappa shape index (κ1) is 17.3. The molecule has 10 nitrogen and oxygen atoms in total. The fourth-order valence-corrected chi connectivity index (χ4v) is 2.10. The normalized spacial score (nSPS) is 27.2. The van der Waals surface area contributed by atoms with Crippen molar-refractivity contribution < 1.29 is 29.7 Å². The molecule has 2 heterocycles. The first-order valence-corrected chi connectivity index (χ1v) is 7.02. The highest BCUT2D eigenvalue weighted by Crippen LogP contribution is 2.28. The lowest BCUT2D eigenvalue weighted by Crippen LogP contribution is -2.36. The first-order chi connectivity index (χ1) is 10.8. The fourth-order valence-electron chi connectivity index (χ4n) is 2.10. The first-order valence-electron chi connectivity index (χ1n) is 7.02. The Kier molecular flexibility index (Phi) is 5.31. The Morgan fingerprint density at radius 2 is 2.17 bits per heavy atom. The van der Waals surface area contributed by atoms with Crippen LogP contribution in [0.3, 0.4) is 0 Å². The molecule has 0 aliphatic carbocycles. The van der Waals surface area contributed by atoms with E-state index in [2.05, 4.69) is 4.98 Å². The van der Waals surface area contributed by atoms with Crippen molar-refractivity contribution in [2.75, 3.05) is 12.1 Å². The smallest absolute Gasteiger partial charge is 0.351 e. The van der Waals surface area contributed by atoms with Crippen LogP contribution < -0.4 is 11.2 Å². The minimum Gasteiger partial charge on any atom is -0.463 e. The zero-order valence-corrected chi connectivity index (χ0v) is 12.6. The van der Waals surface area contributed by atoms with E-state index >= 15 is 0 Å². The Labute approximate surface area is 131 Å². The number of carbonyl (C=O) groups excluding carboxylic acids is 1. The number of anilines is 1. The number of hydrogen-bond acceptors (Lipinski definition) is 9. The van der Waals surface area contributed by atoms with Crippen LogP contribution in [0.1, 0.15) is 20.1 Å². The number of nitrogens with one attached hydrogen (secondary N) is 1. The van der Waals surface area contributed by atoms with Gasteiger partial charge in [0.1, 0.15) is 24.9 Å². The van der Waals surface area contributed by atoms with Gasteiger partial charge in [-0.15, -0.1) is 0 Å². The predicted molar refractivity (Wildman–Crippen MR) is 75.6 cm³/mol. The van der Waals surface area contributed by atoms with Crippen LogP contribution in [0.2, 0.25) is 0 Å². The maximum absolute atomic E-state index is 11.8. The van der Waals surface area contributed by atoms with Gasteiger partial charge >= 0.3 is 11.7 Å². The highest BCUT2D eigenvalue weighted by molar-refractivity contribution is 5.71. The fraction of sp³-hybridized carbons (Fsp3) is 0.615. The van der Waals surface area contributed by atoms with Crippen molar-refractivity contribution in [1.29, 1.82) is 0 Å². The van der Waals surface area contributed by atoms with Crippen LogP contribution in [0.25, 0.3) is 0 Å². The van der Waals surface area contributed by atoms with E-state index in [4.69, 9.17) is 14.7 Å². The molecule has 0 radical (unpaired) electrons. The van der Waals surface area contributed by atoms with E-state index in [9.17, 15) is 19.8 Å². The van der Waals surface area contributed by atoms with E-state index in [1.165, 1.54) is 12.3 Å². The van der Waals surface area contributed by atoms with Gasteiger partial charge in [-0.3, -0.25) is 20.0 Å². The third kappa shape index (κ3) is 3.67. The number of aromatic nitrogens is 2. The topological polar surface area (TPSA) is 143 Å². The van der Waals surface area contributed by atoms with Crippen LogP contribution in [-0.4, -0.2) is 55.9 Å². The zero-order chi connectivity index (χ0) is 17.1. The molecular weight excluding hydrogens is 310 g/mol. The summed E-state index contributed by atoms with van der Waals surface area (Å²) in [4.78, 5) is 26.8. The van der Waals surface area contributed by atoms with Crippen LogP contribution in [0.5, 0.6) is 0 Å². The minimum absolute atomic E-state index is 0.0679. The largest absolute Gasteiger partial charge is 0.463 e. The molecule has 0 bridgehead atoms. The highest BCUT2D eigenvalue weighted by atomic mass is 16.6. The molecule has 0 saturated carbocycles. The Bertz CT molecular complexity index is 618. The highest BCUT2D eigenvalue weighted by Gasteiger charge is 2.44. The van der Waals surface area contributed by atoms with Crippen LogP contribution in [0.4, 0.5) is 5.82 Å². The van der Waals surface area contributed by atoms with Gasteiger partial charge in [-0.25, -0.2) is 4.79 Å². The number of aliphatic hydroxyl groups excluding tert-OH is 2. The van der Waals surface area contributed by atoms with E-state index < -0.39 is 36.2 Å². The lowest BCUT2D eigenvalue weighted by molar-refractivity contribution is -0.153. The van der Waals surface area contributed by atoms with E-state index in [1.54, 1.807) is 19.3 Å². The summed E-state index contributed by atoms with van der Waals surface area (Å²) in [7, 11) is 0. The summed E-state index contributed by atoms with van der Waals surface area (Å²) in [6.07, 6.45) is -3.63. The summed E-state index contributed by atoms with van der Waals surface area (Å²) < 4.78 is 11.4. The lowest BCUT2D eigenvalue weighted by Gasteiger charge is -2.17. The Balaban J connectivity index is 2.10. The summed E-state index contributed by atoms with van der Waals surface area (Å²) >= 11 is 0. The summed E-state index contributed by atoms with van der Waals surface area (Å²) in [5, 5.41) is 28.7. The molecule has 0 amide bonds. The Morgan fingerprint density at radius 1 is 1.48 bits per heavy atom. The molecule has 1 aliphatic rings. The van der Waals surface area contributed by atoms with Crippen molar-refractivity contribution in [2.24, 2.45) is 5.92 Å². The van der Waals surface area contributed by atoms with E-state index in [1.807, 2.05) is 0 Å². The molecule has 4 atom stereocenters. The number of aliphatic hydroxyl groups is 2. The van der Waals surface area contributed by atoms with Gasteiger partial charge in [0.05, 0.1) is 5.92 Å². The molecule has 128 valence electrons. The van der Waals surface area contributed by atoms with Crippen molar-refractivity contribution in [3.05, 3.63) is 22.7 Å². The van der Waals surface area contributed by atoms with E-state index in [0.717, 1.165) is 4.57 Å². The minimum atomic E-state index is -1.40. The number of carbonyl (C=O) groups is 1. The maximum atomic E-state index is 11.8. The van der Waals surface area contributed by atoms with Crippen LogP contribution >= 0.6 is 0 Å². The average molecular weight is 329 g/mol. The van der Waals surface area contributed by atoms with Crippen LogP contribution in [0, 0.1) is 5.92 Å². The molecule has 0 spiro atoms. The maximum Gasteiger partial charge on any atom is 0.351 e. The summed E-state index contributed by atoms with van der Waals surface area (Å²) in [6.45, 7) is 3.08. The molecule has 1 aromatic heterocycles. The molecule has 23 heavy (non-hydrogen) atoms. The van der Waals surface area contributed by atoms with Crippen molar-refractivity contribution in [1.82, 2.24) is 9.55 Å². The van der Waals surface area contributed by atoms with Crippen LogP contribution in [0.15, 0.2) is 17.1 Å². The van der Waals surface area contributed by atoms with Crippen molar-refractivity contribution in [2.45, 2.75) is 38.4 Å². The second kappa shape index (κ2) is 7.04. The molecule has 1 aliphatic heterocycles. The number of hydrogen-bond donors (Lipinski definition) is 4. The Morgan fingerprint density at radius 3 is 2.74 bits per heavy atom. The molecule has 10 heteroatoms. The molecule has 1 saturated heterocycles. The van der Waals surface area contributed by atoms with Gasteiger partial charge in [0, 0.05) is 6.20 Å². The van der Waals surface area contributed by atoms with Gasteiger partial charge in [0.2, 0.25) is 0 Å². The quantitative estimate of drug-likeness (QED) is 0.389. The summed E-state index contributed by atoms with van der Waals surface area (Å²) in [6, 6.07) is 1.29. The van der Waals surface area contributed by atoms with Gasteiger partial charge in [0.15, 0.2) is 12.0 Å². The van der Waals surface area contributed by atoms with Crippen molar-refractivity contribution in [3.63, 3.8) is 0 Å². The van der Waals surface area contributed by atoms with E-state index in [-0.39, 0.29) is 18.3 Å². The number of esters is 1. The van der Waals surface area contributed by atoms with Gasteiger partial charge in [0.25, 0.3) is 0 Å². The standard InChI is InChI=1S/C13H19N3O7/c1-6(2)12(19)22-5-7-9(17)10(18)11(23-7)16-4-3-8(15-21)14-13(16)20/h3-4,6-7,9-11,17-18,21H,5H2,1-2H3,(H,14,15,20)/t7-,9?,10+,11-/m1/s1. The molecular formula is C13H19N3O7. The number of ether oxygens (including phenoxy) is 2. The van der Waals surface area contributed by atoms with Gasteiger partial charge in [-0.1, -0.05) is 13.8 Å². The van der Waals surface area contributed by atoms with Gasteiger partial charge in [-0.05, 0) is 6.07 Å². The predicted octanol–water partition coefficient (Wildman–Crippen LogP) is -1.14. The molecule has 4 N–H and O–H groups in total. The number of rotatable bonds is 5. The zero-order valence-electron chi connectivity index (χ0n) is 12.6. The third-order valence-corrected chi connectivity index (χ3v) is 3.42. The second-order valence-electron chi connectivity index (χ2n) is 5.45. The summed E-state index contributed by atoms with van der Waals surface area (Å²) in [5.74, 6) is -0.864. The van der Waals surface area contributed by atoms with Crippen LogP contribution in [-0.2, 0) is 14.3 Å².